The third-order valence-corrected chi connectivity index (χ3v) is 2.90. The fourth-order valence-corrected chi connectivity index (χ4v) is 1.81. The lowest BCUT2D eigenvalue weighted by atomic mass is 10.1. The molecule has 2 aromatic rings. The zero-order valence-corrected chi connectivity index (χ0v) is 12.1. The number of nitrogens with zero attached hydrogens (tertiary/aromatic N) is 2. The van der Waals surface area contributed by atoms with Gasteiger partial charge in [0.15, 0.2) is 5.75 Å². The number of hydrogen-bond acceptors (Lipinski definition) is 3. The molecule has 0 atom stereocenters. The number of rotatable bonds is 6. The minimum atomic E-state index is -0.248. The predicted octanol–water partition coefficient (Wildman–Crippen LogP) is 2.64. The maximum absolute atomic E-state index is 13.8. The van der Waals surface area contributed by atoms with Gasteiger partial charge in [-0.3, -0.25) is 4.68 Å². The van der Waals surface area contributed by atoms with Gasteiger partial charge in [0, 0.05) is 25.2 Å². The van der Waals surface area contributed by atoms with Crippen LogP contribution in [0, 0.1) is 5.82 Å². The summed E-state index contributed by atoms with van der Waals surface area (Å²) in [5, 5.41) is 7.31. The highest BCUT2D eigenvalue weighted by Gasteiger charge is 2.06. The Morgan fingerprint density at radius 2 is 2.20 bits per heavy atom. The molecule has 0 amide bonds. The molecule has 108 valence electrons. The average Bonchev–Trinajstić information content (AvgIpc) is 2.82. The first-order chi connectivity index (χ1) is 9.54. The van der Waals surface area contributed by atoms with Crippen LogP contribution in [0.2, 0.25) is 0 Å². The van der Waals surface area contributed by atoms with Gasteiger partial charge < -0.3 is 10.1 Å². The molecule has 0 aliphatic rings. The number of nitrogens with one attached hydrogen (secondary N) is 1. The lowest BCUT2D eigenvalue weighted by molar-refractivity contribution is 0.299. The molecular formula is C15H20FN3O. The first-order valence-corrected chi connectivity index (χ1v) is 6.66. The molecule has 4 nitrogen and oxygen atoms in total. The largest absolute Gasteiger partial charge is 0.486 e. The Hall–Kier alpha value is -1.88. The van der Waals surface area contributed by atoms with Crippen molar-refractivity contribution in [3.63, 3.8) is 0 Å². The summed E-state index contributed by atoms with van der Waals surface area (Å²) in [6, 6.07) is 5.51. The molecule has 1 heterocycles. The minimum Gasteiger partial charge on any atom is -0.486 e. The number of halogens is 1. The fraction of sp³-hybridized carbons (Fsp3) is 0.400. The van der Waals surface area contributed by atoms with Gasteiger partial charge >= 0.3 is 0 Å². The summed E-state index contributed by atoms with van der Waals surface area (Å²) in [7, 11) is 1.81. The molecule has 1 aromatic carbocycles. The smallest absolute Gasteiger partial charge is 0.157 e. The molecule has 0 saturated carbocycles. The van der Waals surface area contributed by atoms with Gasteiger partial charge in [-0.2, -0.15) is 5.10 Å². The van der Waals surface area contributed by atoms with Crippen LogP contribution in [0.5, 0.6) is 5.75 Å². The first kappa shape index (κ1) is 14.5. The molecule has 0 fully saturated rings. The van der Waals surface area contributed by atoms with Gasteiger partial charge in [0.1, 0.15) is 12.4 Å². The number of benzene rings is 1. The second-order valence-electron chi connectivity index (χ2n) is 5.10. The van der Waals surface area contributed by atoms with E-state index in [2.05, 4.69) is 24.3 Å². The number of aromatic nitrogens is 2. The van der Waals surface area contributed by atoms with E-state index in [0.29, 0.717) is 17.4 Å². The van der Waals surface area contributed by atoms with E-state index in [1.165, 1.54) is 6.07 Å². The van der Waals surface area contributed by atoms with Crippen LogP contribution < -0.4 is 10.1 Å². The van der Waals surface area contributed by atoms with E-state index < -0.39 is 0 Å². The van der Waals surface area contributed by atoms with Crippen molar-refractivity contribution >= 4 is 0 Å². The highest BCUT2D eigenvalue weighted by molar-refractivity contribution is 5.25. The van der Waals surface area contributed by atoms with Gasteiger partial charge in [-0.15, -0.1) is 0 Å². The molecular weight excluding hydrogens is 257 g/mol. The van der Waals surface area contributed by atoms with E-state index in [9.17, 15) is 4.39 Å². The van der Waals surface area contributed by atoms with Crippen LogP contribution in [0.1, 0.15) is 25.0 Å². The predicted molar refractivity (Wildman–Crippen MR) is 75.9 cm³/mol. The van der Waals surface area contributed by atoms with Crippen molar-refractivity contribution in [2.45, 2.75) is 33.0 Å². The van der Waals surface area contributed by atoms with Crippen molar-refractivity contribution in [3.8, 4) is 5.75 Å². The van der Waals surface area contributed by atoms with Crippen molar-refractivity contribution in [1.82, 2.24) is 15.1 Å². The third kappa shape index (κ3) is 4.06. The van der Waals surface area contributed by atoms with Crippen LogP contribution in [-0.2, 0) is 20.2 Å². The van der Waals surface area contributed by atoms with Crippen LogP contribution in [-0.4, -0.2) is 15.8 Å². The normalized spacial score (nSPS) is 11.1. The molecule has 5 heteroatoms. The monoisotopic (exact) mass is 277 g/mol. The molecule has 20 heavy (non-hydrogen) atoms. The molecule has 0 saturated heterocycles. The van der Waals surface area contributed by atoms with E-state index in [-0.39, 0.29) is 12.4 Å². The SMILES string of the molecule is CC(C)NCc1ccc(F)c(COc2cnn(C)c2)c1. The molecule has 0 bridgehead atoms. The summed E-state index contributed by atoms with van der Waals surface area (Å²) >= 11 is 0. The van der Waals surface area contributed by atoms with E-state index in [4.69, 9.17) is 4.74 Å². The minimum absolute atomic E-state index is 0.201. The summed E-state index contributed by atoms with van der Waals surface area (Å²) in [6.45, 7) is 5.08. The Morgan fingerprint density at radius 3 is 2.85 bits per heavy atom. The summed E-state index contributed by atoms with van der Waals surface area (Å²) in [5.41, 5.74) is 1.60. The van der Waals surface area contributed by atoms with Gasteiger partial charge in [0.2, 0.25) is 0 Å². The Morgan fingerprint density at radius 1 is 1.40 bits per heavy atom. The Balaban J connectivity index is 2.00. The second kappa shape index (κ2) is 6.52. The lowest BCUT2D eigenvalue weighted by Gasteiger charge is -2.10. The van der Waals surface area contributed by atoms with Gasteiger partial charge in [0.25, 0.3) is 0 Å². The van der Waals surface area contributed by atoms with E-state index in [0.717, 1.165) is 12.1 Å². The van der Waals surface area contributed by atoms with Gasteiger partial charge in [-0.1, -0.05) is 19.9 Å². The Labute approximate surface area is 118 Å². The molecule has 0 unspecified atom stereocenters. The highest BCUT2D eigenvalue weighted by Crippen LogP contribution is 2.15. The van der Waals surface area contributed by atoms with E-state index in [1.807, 2.05) is 13.1 Å². The molecule has 0 aliphatic carbocycles. The van der Waals surface area contributed by atoms with Crippen LogP contribution in [0.3, 0.4) is 0 Å². The molecule has 2 rings (SSSR count). The molecule has 0 spiro atoms. The van der Waals surface area contributed by atoms with E-state index >= 15 is 0 Å². The van der Waals surface area contributed by atoms with Crippen molar-refractivity contribution in [2.75, 3.05) is 0 Å². The average molecular weight is 277 g/mol. The van der Waals surface area contributed by atoms with Crippen LogP contribution in [0.15, 0.2) is 30.6 Å². The molecule has 0 aliphatic heterocycles. The summed E-state index contributed by atoms with van der Waals surface area (Å²) in [5.74, 6) is 0.389. The quantitative estimate of drug-likeness (QED) is 0.882. The van der Waals surface area contributed by atoms with Crippen molar-refractivity contribution in [1.29, 1.82) is 0 Å². The standard InChI is InChI=1S/C15H20FN3O/c1-11(2)17-7-12-4-5-15(16)13(6-12)10-20-14-8-18-19(3)9-14/h4-6,8-9,11,17H,7,10H2,1-3H3. The lowest BCUT2D eigenvalue weighted by Crippen LogP contribution is -2.21. The fourth-order valence-electron chi connectivity index (χ4n) is 1.81. The van der Waals surface area contributed by atoms with Crippen LogP contribution in [0.4, 0.5) is 4.39 Å². The Kier molecular flexibility index (Phi) is 4.74. The van der Waals surface area contributed by atoms with Gasteiger partial charge in [-0.05, 0) is 17.7 Å². The number of aryl methyl sites for hydroxylation is 1. The van der Waals surface area contributed by atoms with Crippen molar-refractivity contribution < 1.29 is 9.13 Å². The number of hydrogen-bond donors (Lipinski definition) is 1. The summed E-state index contributed by atoms with van der Waals surface area (Å²) in [4.78, 5) is 0. The molecule has 1 N–H and O–H groups in total. The zero-order chi connectivity index (χ0) is 14.5. The third-order valence-electron chi connectivity index (χ3n) is 2.90. The first-order valence-electron chi connectivity index (χ1n) is 6.66. The van der Waals surface area contributed by atoms with Crippen LogP contribution in [0.25, 0.3) is 0 Å². The zero-order valence-electron chi connectivity index (χ0n) is 12.1. The van der Waals surface area contributed by atoms with E-state index in [1.54, 1.807) is 23.1 Å². The Bertz CT molecular complexity index is 566. The summed E-state index contributed by atoms with van der Waals surface area (Å²) < 4.78 is 20.9. The molecule has 1 aromatic heterocycles. The summed E-state index contributed by atoms with van der Waals surface area (Å²) in [6.07, 6.45) is 3.37. The van der Waals surface area contributed by atoms with Gasteiger partial charge in [-0.25, -0.2) is 4.39 Å². The van der Waals surface area contributed by atoms with Gasteiger partial charge in [0.05, 0.1) is 12.4 Å². The van der Waals surface area contributed by atoms with Crippen LogP contribution >= 0.6 is 0 Å². The number of ether oxygens (including phenoxy) is 1. The van der Waals surface area contributed by atoms with Crippen molar-refractivity contribution in [3.05, 3.63) is 47.5 Å². The molecule has 0 radical (unpaired) electrons. The van der Waals surface area contributed by atoms with Crippen molar-refractivity contribution in [2.24, 2.45) is 7.05 Å². The second-order valence-corrected chi connectivity index (χ2v) is 5.10. The highest BCUT2D eigenvalue weighted by atomic mass is 19.1. The topological polar surface area (TPSA) is 39.1 Å². The maximum atomic E-state index is 13.8. The maximum Gasteiger partial charge on any atom is 0.157 e.